The van der Waals surface area contributed by atoms with Crippen molar-refractivity contribution in [2.24, 2.45) is 0 Å². The van der Waals surface area contributed by atoms with E-state index in [1.54, 1.807) is 18.3 Å². The Kier molecular flexibility index (Phi) is 4.30. The van der Waals surface area contributed by atoms with Crippen molar-refractivity contribution in [3.8, 4) is 6.07 Å². The van der Waals surface area contributed by atoms with E-state index in [9.17, 15) is 0 Å². The summed E-state index contributed by atoms with van der Waals surface area (Å²) in [5, 5.41) is 13.2. The Balaban J connectivity index is 1.59. The number of nitriles is 1. The lowest BCUT2D eigenvalue weighted by molar-refractivity contribution is 0.239. The molecule has 2 aromatic heterocycles. The molecule has 1 saturated heterocycles. The zero-order valence-corrected chi connectivity index (χ0v) is 12.6. The summed E-state index contributed by atoms with van der Waals surface area (Å²) in [6.07, 6.45) is 2.49. The summed E-state index contributed by atoms with van der Waals surface area (Å²) >= 11 is 0. The number of aromatic nitrogens is 3. The quantitative estimate of drug-likeness (QED) is 0.839. The number of rotatable bonds is 4. The van der Waals surface area contributed by atoms with Gasteiger partial charge >= 0.3 is 0 Å². The first-order chi connectivity index (χ1) is 10.8. The molecule has 0 amide bonds. The van der Waals surface area contributed by atoms with Gasteiger partial charge in [-0.2, -0.15) is 10.2 Å². The zero-order chi connectivity index (χ0) is 15.4. The number of pyridine rings is 1. The van der Waals surface area contributed by atoms with Gasteiger partial charge in [0.15, 0.2) is 5.82 Å². The van der Waals surface area contributed by atoms with Crippen molar-refractivity contribution in [3.05, 3.63) is 35.6 Å². The standard InChI is InChI=1S/C15H18N6O/c1-2-14-18-13(19-22-14)11-20-6-8-21(9-7-20)15-12(10-16)4-3-5-17-15/h3-5H,2,6-9,11H2,1H3. The van der Waals surface area contributed by atoms with Gasteiger partial charge in [-0.05, 0) is 12.1 Å². The molecule has 0 spiro atoms. The van der Waals surface area contributed by atoms with Crippen molar-refractivity contribution in [1.29, 1.82) is 5.26 Å². The molecule has 0 unspecified atom stereocenters. The van der Waals surface area contributed by atoms with Crippen LogP contribution < -0.4 is 4.90 Å². The molecule has 7 heteroatoms. The van der Waals surface area contributed by atoms with Crippen LogP contribution in [0.4, 0.5) is 5.82 Å². The lowest BCUT2D eigenvalue weighted by Gasteiger charge is -2.35. The number of aryl methyl sites for hydroxylation is 1. The third-order valence-electron chi connectivity index (χ3n) is 3.76. The molecule has 1 aliphatic heterocycles. The molecule has 1 aliphatic rings. The minimum atomic E-state index is 0.627. The van der Waals surface area contributed by atoms with Crippen LogP contribution in [0, 0.1) is 11.3 Å². The molecule has 1 fully saturated rings. The Hall–Kier alpha value is -2.46. The molecule has 0 radical (unpaired) electrons. The number of hydrogen-bond donors (Lipinski definition) is 0. The van der Waals surface area contributed by atoms with Crippen molar-refractivity contribution in [3.63, 3.8) is 0 Å². The Bertz CT molecular complexity index is 669. The summed E-state index contributed by atoms with van der Waals surface area (Å²) in [5.41, 5.74) is 0.627. The predicted octanol–water partition coefficient (Wildman–Crippen LogP) is 1.22. The first-order valence-electron chi connectivity index (χ1n) is 7.44. The van der Waals surface area contributed by atoms with Crippen LogP contribution in [0.1, 0.15) is 24.2 Å². The van der Waals surface area contributed by atoms with Crippen LogP contribution in [0.25, 0.3) is 0 Å². The molecule has 3 heterocycles. The van der Waals surface area contributed by atoms with E-state index in [1.165, 1.54) is 0 Å². The second-order valence-electron chi connectivity index (χ2n) is 5.21. The lowest BCUT2D eigenvalue weighted by atomic mass is 10.2. The SMILES string of the molecule is CCc1nc(CN2CCN(c3ncccc3C#N)CC2)no1. The van der Waals surface area contributed by atoms with Gasteiger partial charge in [0.25, 0.3) is 0 Å². The minimum absolute atomic E-state index is 0.627. The van der Waals surface area contributed by atoms with E-state index < -0.39 is 0 Å². The van der Waals surface area contributed by atoms with Gasteiger partial charge in [-0.1, -0.05) is 12.1 Å². The molecule has 114 valence electrons. The van der Waals surface area contributed by atoms with Crippen LogP contribution in [0.3, 0.4) is 0 Å². The highest BCUT2D eigenvalue weighted by Gasteiger charge is 2.21. The highest BCUT2D eigenvalue weighted by atomic mass is 16.5. The number of hydrogen-bond acceptors (Lipinski definition) is 7. The molecular weight excluding hydrogens is 280 g/mol. The molecule has 0 N–H and O–H groups in total. The Morgan fingerprint density at radius 2 is 2.14 bits per heavy atom. The average molecular weight is 298 g/mol. The zero-order valence-electron chi connectivity index (χ0n) is 12.6. The predicted molar refractivity (Wildman–Crippen MR) is 80.1 cm³/mol. The van der Waals surface area contributed by atoms with Gasteiger partial charge in [0.1, 0.15) is 11.9 Å². The van der Waals surface area contributed by atoms with Crippen LogP contribution in [0.5, 0.6) is 0 Å². The van der Waals surface area contributed by atoms with Gasteiger partial charge in [-0.15, -0.1) is 0 Å². The monoisotopic (exact) mass is 298 g/mol. The van der Waals surface area contributed by atoms with E-state index in [0.29, 0.717) is 18.0 Å². The van der Waals surface area contributed by atoms with Crippen LogP contribution in [-0.4, -0.2) is 46.2 Å². The smallest absolute Gasteiger partial charge is 0.226 e. The molecule has 3 rings (SSSR count). The fourth-order valence-electron chi connectivity index (χ4n) is 2.55. The Morgan fingerprint density at radius 1 is 1.32 bits per heavy atom. The fraction of sp³-hybridized carbons (Fsp3) is 0.467. The molecule has 0 bridgehead atoms. The molecule has 0 atom stereocenters. The summed E-state index contributed by atoms with van der Waals surface area (Å²) in [4.78, 5) is 13.1. The molecule has 7 nitrogen and oxygen atoms in total. The average Bonchev–Trinajstić information content (AvgIpc) is 3.03. The van der Waals surface area contributed by atoms with Gasteiger partial charge < -0.3 is 9.42 Å². The third-order valence-corrected chi connectivity index (χ3v) is 3.76. The van der Waals surface area contributed by atoms with Gasteiger partial charge in [0.2, 0.25) is 5.89 Å². The molecule has 0 aliphatic carbocycles. The third kappa shape index (κ3) is 3.07. The first-order valence-corrected chi connectivity index (χ1v) is 7.44. The lowest BCUT2D eigenvalue weighted by Crippen LogP contribution is -2.46. The second-order valence-corrected chi connectivity index (χ2v) is 5.21. The minimum Gasteiger partial charge on any atom is -0.353 e. The van der Waals surface area contributed by atoms with Crippen molar-refractivity contribution >= 4 is 5.82 Å². The topological polar surface area (TPSA) is 82.1 Å². The van der Waals surface area contributed by atoms with Gasteiger partial charge in [0.05, 0.1) is 12.1 Å². The van der Waals surface area contributed by atoms with Crippen molar-refractivity contribution < 1.29 is 4.52 Å². The van der Waals surface area contributed by atoms with E-state index in [0.717, 1.165) is 44.2 Å². The van der Waals surface area contributed by atoms with Gasteiger partial charge in [-0.25, -0.2) is 4.98 Å². The fourth-order valence-corrected chi connectivity index (χ4v) is 2.55. The maximum atomic E-state index is 9.17. The molecular formula is C15H18N6O. The molecule has 2 aromatic rings. The van der Waals surface area contributed by atoms with E-state index in [1.807, 2.05) is 6.92 Å². The second kappa shape index (κ2) is 6.54. The molecule has 0 saturated carbocycles. The van der Waals surface area contributed by atoms with Crippen LogP contribution in [-0.2, 0) is 13.0 Å². The first kappa shape index (κ1) is 14.5. The van der Waals surface area contributed by atoms with Gasteiger partial charge in [0, 0.05) is 38.8 Å². The van der Waals surface area contributed by atoms with Crippen molar-refractivity contribution in [2.45, 2.75) is 19.9 Å². The van der Waals surface area contributed by atoms with Crippen LogP contribution in [0.15, 0.2) is 22.9 Å². The van der Waals surface area contributed by atoms with E-state index in [-0.39, 0.29) is 0 Å². The maximum Gasteiger partial charge on any atom is 0.226 e. The van der Waals surface area contributed by atoms with E-state index >= 15 is 0 Å². The van der Waals surface area contributed by atoms with E-state index in [4.69, 9.17) is 9.78 Å². The highest BCUT2D eigenvalue weighted by molar-refractivity contribution is 5.53. The summed E-state index contributed by atoms with van der Waals surface area (Å²) < 4.78 is 5.13. The number of anilines is 1. The van der Waals surface area contributed by atoms with Crippen molar-refractivity contribution in [2.75, 3.05) is 31.1 Å². The van der Waals surface area contributed by atoms with Crippen molar-refractivity contribution in [1.82, 2.24) is 20.0 Å². The Labute approximate surface area is 129 Å². The van der Waals surface area contributed by atoms with Crippen LogP contribution in [0.2, 0.25) is 0 Å². The van der Waals surface area contributed by atoms with Crippen LogP contribution >= 0.6 is 0 Å². The summed E-state index contributed by atoms with van der Waals surface area (Å²) in [6.45, 7) is 6.14. The Morgan fingerprint density at radius 3 is 2.82 bits per heavy atom. The highest BCUT2D eigenvalue weighted by Crippen LogP contribution is 2.18. The maximum absolute atomic E-state index is 9.17. The number of nitrogens with zero attached hydrogens (tertiary/aromatic N) is 6. The summed E-state index contributed by atoms with van der Waals surface area (Å²) in [5.74, 6) is 2.19. The normalized spacial score (nSPS) is 15.7. The summed E-state index contributed by atoms with van der Waals surface area (Å²) in [6, 6.07) is 5.80. The van der Waals surface area contributed by atoms with Gasteiger partial charge in [-0.3, -0.25) is 4.90 Å². The molecule has 0 aromatic carbocycles. The summed E-state index contributed by atoms with van der Waals surface area (Å²) in [7, 11) is 0. The molecule has 22 heavy (non-hydrogen) atoms. The largest absolute Gasteiger partial charge is 0.353 e. The number of piperazine rings is 1. The van der Waals surface area contributed by atoms with E-state index in [2.05, 4.69) is 31.0 Å².